The molecule has 1 aliphatic rings. The van der Waals surface area contributed by atoms with Crippen LogP contribution in [0.1, 0.15) is 26.2 Å². The molecule has 1 aromatic carbocycles. The Morgan fingerprint density at radius 3 is 2.76 bits per heavy atom. The number of amides is 1. The molecule has 0 aromatic heterocycles. The highest BCUT2D eigenvalue weighted by molar-refractivity contribution is 6.34. The normalized spacial score (nSPS) is 15.1. The van der Waals surface area contributed by atoms with Crippen molar-refractivity contribution in [2.45, 2.75) is 26.2 Å². The van der Waals surface area contributed by atoms with Gasteiger partial charge in [-0.3, -0.25) is 4.79 Å². The summed E-state index contributed by atoms with van der Waals surface area (Å²) in [7, 11) is 0. The minimum Gasteiger partial charge on any atom is -0.369 e. The van der Waals surface area contributed by atoms with Crippen LogP contribution in [0.5, 0.6) is 0 Å². The van der Waals surface area contributed by atoms with Gasteiger partial charge in [-0.05, 0) is 25.0 Å². The maximum absolute atomic E-state index is 11.5. The van der Waals surface area contributed by atoms with Crippen LogP contribution in [0.3, 0.4) is 0 Å². The van der Waals surface area contributed by atoms with Crippen molar-refractivity contribution in [3.05, 3.63) is 23.2 Å². The van der Waals surface area contributed by atoms with E-state index in [1.165, 1.54) is 12.8 Å². The molecule has 0 aliphatic carbocycles. The number of hydrogen-bond donors (Lipinski definition) is 1. The lowest BCUT2D eigenvalue weighted by Crippen LogP contribution is -2.21. The summed E-state index contributed by atoms with van der Waals surface area (Å²) in [6.45, 7) is 3.87. The van der Waals surface area contributed by atoms with E-state index >= 15 is 0 Å². The van der Waals surface area contributed by atoms with E-state index in [1.807, 2.05) is 25.1 Å². The Bertz CT molecular complexity index is 414. The Morgan fingerprint density at radius 1 is 1.41 bits per heavy atom. The van der Waals surface area contributed by atoms with E-state index in [0.29, 0.717) is 11.4 Å². The van der Waals surface area contributed by atoms with E-state index in [0.717, 1.165) is 24.5 Å². The monoisotopic (exact) mass is 252 g/mol. The van der Waals surface area contributed by atoms with Crippen LogP contribution in [-0.2, 0) is 4.79 Å². The minimum atomic E-state index is 0.0210. The summed E-state index contributed by atoms with van der Waals surface area (Å²) < 4.78 is 0. The van der Waals surface area contributed by atoms with Gasteiger partial charge in [-0.1, -0.05) is 24.6 Å². The van der Waals surface area contributed by atoms with Crippen molar-refractivity contribution in [2.24, 2.45) is 0 Å². The SMILES string of the molecule is CCC(=O)Nc1cccc(Cl)c1N1CCCC1. The van der Waals surface area contributed by atoms with E-state index in [2.05, 4.69) is 10.2 Å². The third kappa shape index (κ3) is 2.72. The van der Waals surface area contributed by atoms with Gasteiger partial charge in [-0.25, -0.2) is 0 Å². The van der Waals surface area contributed by atoms with Crippen LogP contribution in [0.4, 0.5) is 11.4 Å². The van der Waals surface area contributed by atoms with Crippen molar-refractivity contribution in [1.82, 2.24) is 0 Å². The van der Waals surface area contributed by atoms with Gasteiger partial charge in [0.1, 0.15) is 0 Å². The van der Waals surface area contributed by atoms with Gasteiger partial charge in [0.05, 0.1) is 16.4 Å². The first-order valence-electron chi connectivity index (χ1n) is 6.05. The van der Waals surface area contributed by atoms with E-state index in [1.54, 1.807) is 0 Å². The molecule has 1 aromatic rings. The molecule has 2 rings (SSSR count). The Kier molecular flexibility index (Phi) is 3.89. The highest BCUT2D eigenvalue weighted by Gasteiger charge is 2.19. The van der Waals surface area contributed by atoms with Gasteiger partial charge >= 0.3 is 0 Å². The van der Waals surface area contributed by atoms with Crippen molar-refractivity contribution in [1.29, 1.82) is 0 Å². The van der Waals surface area contributed by atoms with Gasteiger partial charge in [-0.15, -0.1) is 0 Å². The Balaban J connectivity index is 2.30. The fourth-order valence-electron chi connectivity index (χ4n) is 2.12. The zero-order chi connectivity index (χ0) is 12.3. The molecule has 0 spiro atoms. The van der Waals surface area contributed by atoms with Crippen molar-refractivity contribution in [2.75, 3.05) is 23.3 Å². The number of carbonyl (C=O) groups is 1. The first-order chi connectivity index (χ1) is 8.22. The largest absolute Gasteiger partial charge is 0.369 e. The number of nitrogens with zero attached hydrogens (tertiary/aromatic N) is 1. The predicted octanol–water partition coefficient (Wildman–Crippen LogP) is 3.29. The van der Waals surface area contributed by atoms with Gasteiger partial charge in [0, 0.05) is 19.5 Å². The van der Waals surface area contributed by atoms with Crippen LogP contribution < -0.4 is 10.2 Å². The zero-order valence-electron chi connectivity index (χ0n) is 10.0. The molecular weight excluding hydrogens is 236 g/mol. The van der Waals surface area contributed by atoms with Crippen LogP contribution in [0.15, 0.2) is 18.2 Å². The fourth-order valence-corrected chi connectivity index (χ4v) is 2.41. The average Bonchev–Trinajstić information content (AvgIpc) is 2.82. The van der Waals surface area contributed by atoms with Crippen LogP contribution in [-0.4, -0.2) is 19.0 Å². The van der Waals surface area contributed by atoms with Gasteiger partial charge in [0.15, 0.2) is 0 Å². The molecular formula is C13H17ClN2O. The zero-order valence-corrected chi connectivity index (χ0v) is 10.8. The number of benzene rings is 1. The van der Waals surface area contributed by atoms with Crippen LogP contribution >= 0.6 is 11.6 Å². The number of nitrogens with one attached hydrogen (secondary N) is 1. The second kappa shape index (κ2) is 5.41. The van der Waals surface area contributed by atoms with Crippen LogP contribution in [0, 0.1) is 0 Å². The molecule has 0 bridgehead atoms. The summed E-state index contributed by atoms with van der Waals surface area (Å²) in [4.78, 5) is 13.7. The molecule has 0 unspecified atom stereocenters. The molecule has 1 aliphatic heterocycles. The number of carbonyl (C=O) groups excluding carboxylic acids is 1. The summed E-state index contributed by atoms with van der Waals surface area (Å²) >= 11 is 6.24. The first kappa shape index (κ1) is 12.2. The van der Waals surface area contributed by atoms with Gasteiger partial charge in [0.2, 0.25) is 5.91 Å². The third-order valence-electron chi connectivity index (χ3n) is 3.00. The van der Waals surface area contributed by atoms with Gasteiger partial charge in [-0.2, -0.15) is 0 Å². The quantitative estimate of drug-likeness (QED) is 0.895. The lowest BCUT2D eigenvalue weighted by atomic mass is 10.2. The summed E-state index contributed by atoms with van der Waals surface area (Å²) in [5.41, 5.74) is 1.79. The molecule has 0 saturated carbocycles. The molecule has 92 valence electrons. The summed E-state index contributed by atoms with van der Waals surface area (Å²) in [6, 6.07) is 5.65. The molecule has 1 fully saturated rings. The standard InChI is InChI=1S/C13H17ClN2O/c1-2-12(17)15-11-7-5-6-10(14)13(11)16-8-3-4-9-16/h5-7H,2-4,8-9H2,1H3,(H,15,17). The summed E-state index contributed by atoms with van der Waals surface area (Å²) in [5, 5.41) is 3.62. The van der Waals surface area contributed by atoms with E-state index in [4.69, 9.17) is 11.6 Å². The Labute approximate surface area is 107 Å². The number of anilines is 2. The van der Waals surface area contributed by atoms with Gasteiger partial charge < -0.3 is 10.2 Å². The van der Waals surface area contributed by atoms with E-state index in [9.17, 15) is 4.79 Å². The lowest BCUT2D eigenvalue weighted by molar-refractivity contribution is -0.115. The van der Waals surface area contributed by atoms with Crippen molar-refractivity contribution < 1.29 is 4.79 Å². The lowest BCUT2D eigenvalue weighted by Gasteiger charge is -2.22. The predicted molar refractivity (Wildman–Crippen MR) is 71.8 cm³/mol. The molecule has 3 nitrogen and oxygen atoms in total. The van der Waals surface area contributed by atoms with E-state index in [-0.39, 0.29) is 5.91 Å². The Morgan fingerprint density at radius 2 is 2.12 bits per heavy atom. The van der Waals surface area contributed by atoms with Crippen LogP contribution in [0.25, 0.3) is 0 Å². The molecule has 0 radical (unpaired) electrons. The highest BCUT2D eigenvalue weighted by atomic mass is 35.5. The second-order valence-electron chi connectivity index (χ2n) is 4.23. The Hall–Kier alpha value is -1.22. The molecule has 1 amide bonds. The first-order valence-corrected chi connectivity index (χ1v) is 6.43. The number of rotatable bonds is 3. The number of hydrogen-bond acceptors (Lipinski definition) is 2. The van der Waals surface area contributed by atoms with Crippen molar-refractivity contribution in [3.63, 3.8) is 0 Å². The minimum absolute atomic E-state index is 0.0210. The summed E-state index contributed by atoms with van der Waals surface area (Å²) in [5.74, 6) is 0.0210. The van der Waals surface area contributed by atoms with Crippen LogP contribution in [0.2, 0.25) is 5.02 Å². The topological polar surface area (TPSA) is 32.3 Å². The maximum atomic E-state index is 11.5. The third-order valence-corrected chi connectivity index (χ3v) is 3.31. The molecule has 4 heteroatoms. The van der Waals surface area contributed by atoms with Crippen molar-refractivity contribution >= 4 is 28.9 Å². The smallest absolute Gasteiger partial charge is 0.224 e. The molecule has 17 heavy (non-hydrogen) atoms. The maximum Gasteiger partial charge on any atom is 0.224 e. The van der Waals surface area contributed by atoms with E-state index < -0.39 is 0 Å². The average molecular weight is 253 g/mol. The number of halogens is 1. The molecule has 1 saturated heterocycles. The highest BCUT2D eigenvalue weighted by Crippen LogP contribution is 2.35. The molecule has 1 heterocycles. The number of para-hydroxylation sites is 1. The molecule has 0 atom stereocenters. The van der Waals surface area contributed by atoms with Gasteiger partial charge in [0.25, 0.3) is 0 Å². The fraction of sp³-hybridized carbons (Fsp3) is 0.462. The molecule has 1 N–H and O–H groups in total. The van der Waals surface area contributed by atoms with Crippen molar-refractivity contribution in [3.8, 4) is 0 Å². The summed E-state index contributed by atoms with van der Waals surface area (Å²) in [6.07, 6.45) is 2.85. The second-order valence-corrected chi connectivity index (χ2v) is 4.64.